The Balaban J connectivity index is 2.02. The number of hydrogen-bond acceptors (Lipinski definition) is 9. The van der Waals surface area contributed by atoms with E-state index in [0.717, 1.165) is 0 Å². The summed E-state index contributed by atoms with van der Waals surface area (Å²) in [6.07, 6.45) is -8.44. The lowest BCUT2D eigenvalue weighted by Crippen LogP contribution is -2.59. The molecule has 5 N–H and O–H groups in total. The minimum absolute atomic E-state index is 0.0683. The molecule has 8 atom stereocenters. The fourth-order valence-electron chi connectivity index (χ4n) is 2.54. The van der Waals surface area contributed by atoms with Crippen LogP contribution < -0.4 is 0 Å². The van der Waals surface area contributed by atoms with E-state index in [1.54, 1.807) is 23.0 Å². The Morgan fingerprint density at radius 1 is 1.09 bits per heavy atom. The fraction of sp³-hybridized carbons (Fsp3) is 1.00. The molecule has 10 heteroatoms. The molecular weight excluding hydrogens is 415 g/mol. The Bertz CT molecular complexity index is 347. The van der Waals surface area contributed by atoms with Gasteiger partial charge in [0.2, 0.25) is 0 Å². The van der Waals surface area contributed by atoms with Crippen LogP contribution in [0.25, 0.3) is 0 Å². The van der Waals surface area contributed by atoms with Crippen molar-refractivity contribution >= 4 is 23.0 Å². The molecule has 2 aliphatic rings. The highest BCUT2D eigenvalue weighted by Gasteiger charge is 2.45. The van der Waals surface area contributed by atoms with Crippen molar-refractivity contribution < 1.29 is 42.8 Å². The average molecular weight is 436 g/mol. The summed E-state index contributed by atoms with van der Waals surface area (Å²) < 4.78 is 20.9. The van der Waals surface area contributed by atoms with Gasteiger partial charge in [-0.15, -0.1) is 0 Å². The monoisotopic (exact) mass is 436 g/mol. The van der Waals surface area contributed by atoms with E-state index in [-0.39, 0.29) is 26.2 Å². The van der Waals surface area contributed by atoms with Crippen LogP contribution in [0.4, 0.5) is 0 Å². The summed E-state index contributed by atoms with van der Waals surface area (Å²) in [6, 6.07) is 0. The molecule has 0 aromatic heterocycles. The second-order valence-electron chi connectivity index (χ2n) is 5.41. The zero-order chi connectivity index (χ0) is 16.3. The van der Waals surface area contributed by atoms with Crippen LogP contribution in [0.2, 0.25) is 0 Å². The van der Waals surface area contributed by atoms with E-state index in [1.807, 2.05) is 0 Å². The second-order valence-corrected chi connectivity index (χ2v) is 6.03. The van der Waals surface area contributed by atoms with Crippen molar-refractivity contribution in [1.82, 2.24) is 0 Å². The summed E-state index contributed by atoms with van der Waals surface area (Å²) in [7, 11) is 0. The van der Waals surface area contributed by atoms with E-state index >= 15 is 0 Å². The largest absolute Gasteiger partial charge is 0.394 e. The van der Waals surface area contributed by atoms with E-state index in [2.05, 4.69) is 0 Å². The average Bonchev–Trinajstić information content (AvgIpc) is 2.50. The molecular formula is C12H21IO9. The SMILES string of the molecule is OC[C@@H]1C[C@H](O)[C@H](O)[C@@H](O[C@H]2[C@H](O)[C@@H](COI)OC[C@H]2O)O1. The quantitative estimate of drug-likeness (QED) is 0.301. The van der Waals surface area contributed by atoms with E-state index in [9.17, 15) is 20.4 Å². The first-order chi connectivity index (χ1) is 10.5. The van der Waals surface area contributed by atoms with Gasteiger partial charge in [-0.25, -0.2) is 0 Å². The molecule has 0 aromatic carbocycles. The van der Waals surface area contributed by atoms with Crippen LogP contribution in [0.15, 0.2) is 0 Å². The zero-order valence-corrected chi connectivity index (χ0v) is 13.9. The lowest BCUT2D eigenvalue weighted by Gasteiger charge is -2.42. The van der Waals surface area contributed by atoms with Gasteiger partial charge < -0.3 is 42.8 Å². The van der Waals surface area contributed by atoms with Gasteiger partial charge in [0.25, 0.3) is 0 Å². The third kappa shape index (κ3) is 4.26. The summed E-state index contributed by atoms with van der Waals surface area (Å²) in [5.41, 5.74) is 0. The van der Waals surface area contributed by atoms with Crippen LogP contribution in [-0.4, -0.2) is 94.4 Å². The molecule has 2 aliphatic heterocycles. The molecule has 0 unspecified atom stereocenters. The van der Waals surface area contributed by atoms with Crippen LogP contribution in [0.5, 0.6) is 0 Å². The highest BCUT2D eigenvalue weighted by Crippen LogP contribution is 2.26. The van der Waals surface area contributed by atoms with Crippen LogP contribution in [0.3, 0.4) is 0 Å². The summed E-state index contributed by atoms with van der Waals surface area (Å²) in [6.45, 7) is -0.306. The topological polar surface area (TPSA) is 138 Å². The van der Waals surface area contributed by atoms with Crippen molar-refractivity contribution in [2.75, 3.05) is 19.8 Å². The van der Waals surface area contributed by atoms with E-state index in [0.29, 0.717) is 0 Å². The van der Waals surface area contributed by atoms with Gasteiger partial charge in [0.05, 0.1) is 32.0 Å². The Kier molecular flexibility index (Phi) is 7.20. The molecule has 22 heavy (non-hydrogen) atoms. The predicted molar refractivity (Wildman–Crippen MR) is 79.0 cm³/mol. The van der Waals surface area contributed by atoms with Gasteiger partial charge in [-0.3, -0.25) is 0 Å². The summed E-state index contributed by atoms with van der Waals surface area (Å²) in [5, 5.41) is 48.9. The highest BCUT2D eigenvalue weighted by atomic mass is 127. The number of hydrogen-bond donors (Lipinski definition) is 5. The lowest BCUT2D eigenvalue weighted by atomic mass is 9.99. The van der Waals surface area contributed by atoms with Gasteiger partial charge in [0.1, 0.15) is 53.5 Å². The number of halogens is 1. The first kappa shape index (κ1) is 18.7. The van der Waals surface area contributed by atoms with Crippen LogP contribution in [0.1, 0.15) is 6.42 Å². The number of aliphatic hydroxyl groups is 5. The third-order valence-electron chi connectivity index (χ3n) is 3.80. The normalized spacial score (nSPS) is 46.6. The van der Waals surface area contributed by atoms with Gasteiger partial charge in [-0.05, 0) is 0 Å². The van der Waals surface area contributed by atoms with Gasteiger partial charge in [-0.1, -0.05) is 0 Å². The van der Waals surface area contributed by atoms with Gasteiger partial charge in [0, 0.05) is 6.42 Å². The maximum Gasteiger partial charge on any atom is 0.186 e. The van der Waals surface area contributed by atoms with E-state index < -0.39 is 49.0 Å². The molecule has 2 fully saturated rings. The minimum Gasteiger partial charge on any atom is -0.394 e. The molecule has 0 saturated carbocycles. The maximum absolute atomic E-state index is 10.2. The van der Waals surface area contributed by atoms with Crippen LogP contribution >= 0.6 is 23.0 Å². The molecule has 2 saturated heterocycles. The van der Waals surface area contributed by atoms with Crippen molar-refractivity contribution in [2.24, 2.45) is 0 Å². The molecule has 0 aromatic rings. The summed E-state index contributed by atoms with van der Waals surface area (Å²) in [5.74, 6) is 0. The number of aliphatic hydroxyl groups excluding tert-OH is 5. The zero-order valence-electron chi connectivity index (χ0n) is 11.7. The Hall–Kier alpha value is 0.370. The Morgan fingerprint density at radius 2 is 1.82 bits per heavy atom. The van der Waals surface area contributed by atoms with Gasteiger partial charge in [0.15, 0.2) is 6.29 Å². The number of ether oxygens (including phenoxy) is 3. The molecule has 130 valence electrons. The Morgan fingerprint density at radius 3 is 2.45 bits per heavy atom. The van der Waals surface area contributed by atoms with Crippen molar-refractivity contribution in [2.45, 2.75) is 55.4 Å². The van der Waals surface area contributed by atoms with Crippen molar-refractivity contribution in [3.63, 3.8) is 0 Å². The molecule has 0 spiro atoms. The fourth-order valence-corrected chi connectivity index (χ4v) is 2.89. The highest BCUT2D eigenvalue weighted by molar-refractivity contribution is 14.1. The van der Waals surface area contributed by atoms with Gasteiger partial charge >= 0.3 is 0 Å². The first-order valence-electron chi connectivity index (χ1n) is 6.97. The smallest absolute Gasteiger partial charge is 0.186 e. The van der Waals surface area contributed by atoms with Crippen LogP contribution in [-0.2, 0) is 17.3 Å². The first-order valence-corrected chi connectivity index (χ1v) is 7.85. The standard InChI is InChI=1S/C12H21IO9/c13-20-4-8-10(18)11(7(16)3-19-8)22-12-9(17)6(15)1-5(2-14)21-12/h5-12,14-18H,1-4H2/t5-,6-,7+,8+,9-,10+,11+,12+/m0/s1. The summed E-state index contributed by atoms with van der Waals surface area (Å²) in [4.78, 5) is 0. The van der Waals surface area contributed by atoms with E-state index in [4.69, 9.17) is 22.4 Å². The predicted octanol–water partition coefficient (Wildman–Crippen LogP) is -2.31. The molecule has 9 nitrogen and oxygen atoms in total. The molecule has 2 heterocycles. The molecule has 0 amide bonds. The van der Waals surface area contributed by atoms with Crippen molar-refractivity contribution in [3.05, 3.63) is 0 Å². The maximum atomic E-state index is 10.2. The molecule has 0 radical (unpaired) electrons. The molecule has 0 bridgehead atoms. The Labute approximate surface area is 141 Å². The van der Waals surface area contributed by atoms with Crippen molar-refractivity contribution in [3.8, 4) is 0 Å². The van der Waals surface area contributed by atoms with E-state index in [1.165, 1.54) is 0 Å². The summed E-state index contributed by atoms with van der Waals surface area (Å²) >= 11 is 1.66. The molecule has 0 aliphatic carbocycles. The number of rotatable bonds is 5. The lowest BCUT2D eigenvalue weighted by molar-refractivity contribution is -0.317. The molecule has 2 rings (SSSR count). The van der Waals surface area contributed by atoms with Gasteiger partial charge in [-0.2, -0.15) is 0 Å². The third-order valence-corrected chi connectivity index (χ3v) is 4.16. The minimum atomic E-state index is -1.34. The van der Waals surface area contributed by atoms with Crippen molar-refractivity contribution in [1.29, 1.82) is 0 Å². The second kappa shape index (κ2) is 8.46. The van der Waals surface area contributed by atoms with Crippen LogP contribution in [0, 0.1) is 0 Å².